The van der Waals surface area contributed by atoms with E-state index in [1.54, 1.807) is 7.11 Å². The number of guanidine groups is 1. The molecule has 0 spiro atoms. The van der Waals surface area contributed by atoms with Crippen LogP contribution >= 0.6 is 0 Å². The van der Waals surface area contributed by atoms with E-state index < -0.39 is 0 Å². The highest BCUT2D eigenvalue weighted by molar-refractivity contribution is 5.79. The topological polar surface area (TPSA) is 64.1 Å². The van der Waals surface area contributed by atoms with E-state index in [0.717, 1.165) is 37.7 Å². The third kappa shape index (κ3) is 10.2. The van der Waals surface area contributed by atoms with E-state index in [9.17, 15) is 0 Å². The molecule has 0 bridgehead atoms. The maximum atomic E-state index is 5.58. The molecule has 1 rings (SSSR count). The van der Waals surface area contributed by atoms with Crippen LogP contribution in [0.15, 0.2) is 29.3 Å². The van der Waals surface area contributed by atoms with Crippen molar-refractivity contribution in [3.63, 3.8) is 0 Å². The fraction of sp³-hybridized carbons (Fsp3) is 0.667. The van der Waals surface area contributed by atoms with Gasteiger partial charge in [0, 0.05) is 32.2 Å². The number of nitrogens with one attached hydrogen (secondary N) is 2. The number of nitrogens with zero attached hydrogens (tertiary/aromatic N) is 1. The molecule has 27 heavy (non-hydrogen) atoms. The maximum absolute atomic E-state index is 5.58. The summed E-state index contributed by atoms with van der Waals surface area (Å²) < 4.78 is 16.5. The maximum Gasteiger partial charge on any atom is 0.191 e. The molecule has 0 aromatic heterocycles. The van der Waals surface area contributed by atoms with Gasteiger partial charge in [0.15, 0.2) is 5.96 Å². The van der Waals surface area contributed by atoms with E-state index in [1.165, 1.54) is 5.56 Å². The number of methoxy groups -OCH3 is 1. The van der Waals surface area contributed by atoms with Crippen LogP contribution in [0.25, 0.3) is 0 Å². The molecule has 1 atom stereocenters. The Labute approximate surface area is 164 Å². The second-order valence-electron chi connectivity index (χ2n) is 6.37. The van der Waals surface area contributed by atoms with E-state index in [4.69, 9.17) is 19.2 Å². The van der Waals surface area contributed by atoms with Gasteiger partial charge in [-0.15, -0.1) is 0 Å². The minimum atomic E-state index is 0.271. The van der Waals surface area contributed by atoms with E-state index in [-0.39, 0.29) is 5.92 Å². The first-order valence-corrected chi connectivity index (χ1v) is 10.0. The molecule has 0 fully saturated rings. The van der Waals surface area contributed by atoms with Crippen LogP contribution in [0.1, 0.15) is 45.1 Å². The Morgan fingerprint density at radius 3 is 2.48 bits per heavy atom. The largest absolute Gasteiger partial charge is 0.496 e. The van der Waals surface area contributed by atoms with E-state index >= 15 is 0 Å². The molecule has 2 N–H and O–H groups in total. The third-order valence-electron chi connectivity index (χ3n) is 4.09. The monoisotopic (exact) mass is 379 g/mol. The van der Waals surface area contributed by atoms with Crippen molar-refractivity contribution in [1.82, 2.24) is 10.6 Å². The number of hydrogen-bond donors (Lipinski definition) is 2. The molecule has 0 aliphatic rings. The smallest absolute Gasteiger partial charge is 0.191 e. The van der Waals surface area contributed by atoms with E-state index in [2.05, 4.69) is 37.5 Å². The van der Waals surface area contributed by atoms with Crippen molar-refractivity contribution in [3.05, 3.63) is 29.8 Å². The molecule has 6 heteroatoms. The van der Waals surface area contributed by atoms with Crippen LogP contribution in [-0.2, 0) is 9.47 Å². The lowest BCUT2D eigenvalue weighted by atomic mass is 10.0. The SMILES string of the molecule is CCCCOCCOCCNC(=NCC(C)c1ccccc1OC)NCC. The van der Waals surface area contributed by atoms with Crippen molar-refractivity contribution in [1.29, 1.82) is 0 Å². The van der Waals surface area contributed by atoms with Crippen LogP contribution in [0.5, 0.6) is 5.75 Å². The highest BCUT2D eigenvalue weighted by Crippen LogP contribution is 2.26. The minimum absolute atomic E-state index is 0.271. The zero-order valence-electron chi connectivity index (χ0n) is 17.4. The Balaban J connectivity index is 2.33. The first-order valence-electron chi connectivity index (χ1n) is 10.0. The van der Waals surface area contributed by atoms with Crippen LogP contribution in [-0.4, -0.2) is 59.1 Å². The third-order valence-corrected chi connectivity index (χ3v) is 4.09. The number of ether oxygens (including phenoxy) is 3. The summed E-state index contributed by atoms with van der Waals surface area (Å²) in [4.78, 5) is 4.69. The normalized spacial score (nSPS) is 12.7. The molecule has 0 aliphatic carbocycles. The number of unbranched alkanes of at least 4 members (excludes halogenated alkanes) is 1. The molecule has 0 radical (unpaired) electrons. The zero-order chi connectivity index (χ0) is 19.7. The van der Waals surface area contributed by atoms with Crippen molar-refractivity contribution in [2.45, 2.75) is 39.5 Å². The van der Waals surface area contributed by atoms with Gasteiger partial charge in [0.05, 0.1) is 26.9 Å². The van der Waals surface area contributed by atoms with Crippen LogP contribution in [0.3, 0.4) is 0 Å². The molecule has 6 nitrogen and oxygen atoms in total. The fourth-order valence-corrected chi connectivity index (χ4v) is 2.55. The molecule has 0 aliphatic heterocycles. The zero-order valence-corrected chi connectivity index (χ0v) is 17.4. The van der Waals surface area contributed by atoms with Crippen LogP contribution in [0.2, 0.25) is 0 Å². The molecular formula is C21H37N3O3. The quantitative estimate of drug-likeness (QED) is 0.295. The summed E-state index contributed by atoms with van der Waals surface area (Å²) in [6, 6.07) is 8.10. The first kappa shape index (κ1) is 23.2. The van der Waals surface area contributed by atoms with Gasteiger partial charge in [-0.3, -0.25) is 4.99 Å². The molecule has 154 valence electrons. The Morgan fingerprint density at radius 1 is 1.04 bits per heavy atom. The van der Waals surface area contributed by atoms with Gasteiger partial charge in [0.2, 0.25) is 0 Å². The summed E-state index contributed by atoms with van der Waals surface area (Å²) in [6.07, 6.45) is 2.27. The standard InChI is InChI=1S/C21H37N3O3/c1-5-7-13-26-15-16-27-14-12-23-21(22-6-2)24-17-18(3)19-10-8-9-11-20(19)25-4/h8-11,18H,5-7,12-17H2,1-4H3,(H2,22,23,24). The van der Waals surface area contributed by atoms with Gasteiger partial charge >= 0.3 is 0 Å². The van der Waals surface area contributed by atoms with Gasteiger partial charge in [-0.2, -0.15) is 0 Å². The summed E-state index contributed by atoms with van der Waals surface area (Å²) in [6.45, 7) is 11.3. The number of aliphatic imine (C=N–C) groups is 1. The predicted octanol–water partition coefficient (Wildman–Crippen LogP) is 3.19. The van der Waals surface area contributed by atoms with Crippen LogP contribution in [0, 0.1) is 0 Å². The van der Waals surface area contributed by atoms with Crippen molar-refractivity contribution in [2.75, 3.05) is 53.2 Å². The van der Waals surface area contributed by atoms with Crippen molar-refractivity contribution >= 4 is 5.96 Å². The van der Waals surface area contributed by atoms with Crippen molar-refractivity contribution < 1.29 is 14.2 Å². The second-order valence-corrected chi connectivity index (χ2v) is 6.37. The number of para-hydroxylation sites is 1. The molecular weight excluding hydrogens is 342 g/mol. The van der Waals surface area contributed by atoms with Crippen molar-refractivity contribution in [3.8, 4) is 5.75 Å². The molecule has 0 amide bonds. The van der Waals surface area contributed by atoms with Gasteiger partial charge < -0.3 is 24.8 Å². The molecule has 1 aromatic carbocycles. The Morgan fingerprint density at radius 2 is 1.78 bits per heavy atom. The fourth-order valence-electron chi connectivity index (χ4n) is 2.55. The lowest BCUT2D eigenvalue weighted by molar-refractivity contribution is 0.0487. The van der Waals surface area contributed by atoms with Crippen molar-refractivity contribution in [2.24, 2.45) is 4.99 Å². The van der Waals surface area contributed by atoms with Crippen LogP contribution < -0.4 is 15.4 Å². The average molecular weight is 380 g/mol. The number of rotatable bonds is 14. The van der Waals surface area contributed by atoms with E-state index in [1.807, 2.05) is 18.2 Å². The van der Waals surface area contributed by atoms with Crippen LogP contribution in [0.4, 0.5) is 0 Å². The van der Waals surface area contributed by atoms with Gasteiger partial charge in [-0.25, -0.2) is 0 Å². The van der Waals surface area contributed by atoms with E-state index in [0.29, 0.717) is 32.9 Å². The summed E-state index contributed by atoms with van der Waals surface area (Å²) in [5.74, 6) is 1.99. The van der Waals surface area contributed by atoms with Gasteiger partial charge in [0.1, 0.15) is 5.75 Å². The van der Waals surface area contributed by atoms with Gasteiger partial charge in [0.25, 0.3) is 0 Å². The summed E-state index contributed by atoms with van der Waals surface area (Å²) in [5, 5.41) is 6.58. The number of benzene rings is 1. The molecule has 0 saturated carbocycles. The molecule has 1 unspecified atom stereocenters. The predicted molar refractivity (Wildman–Crippen MR) is 112 cm³/mol. The Bertz CT molecular complexity index is 523. The first-order chi connectivity index (χ1) is 13.2. The van der Waals surface area contributed by atoms with Gasteiger partial charge in [-0.1, -0.05) is 38.5 Å². The average Bonchev–Trinajstić information content (AvgIpc) is 2.70. The minimum Gasteiger partial charge on any atom is -0.496 e. The summed E-state index contributed by atoms with van der Waals surface area (Å²) >= 11 is 0. The lowest BCUT2D eigenvalue weighted by Gasteiger charge is -2.16. The second kappa shape index (κ2) is 15.3. The Hall–Kier alpha value is -1.79. The molecule has 1 aromatic rings. The summed E-state index contributed by atoms with van der Waals surface area (Å²) in [7, 11) is 1.70. The molecule has 0 saturated heterocycles. The van der Waals surface area contributed by atoms with Gasteiger partial charge in [-0.05, 0) is 25.0 Å². The Kier molecular flexibility index (Phi) is 13.2. The lowest BCUT2D eigenvalue weighted by Crippen LogP contribution is -2.39. The highest BCUT2D eigenvalue weighted by atomic mass is 16.5. The summed E-state index contributed by atoms with van der Waals surface area (Å²) in [5.41, 5.74) is 1.17. The number of hydrogen-bond acceptors (Lipinski definition) is 4. The molecule has 0 heterocycles. The highest BCUT2D eigenvalue weighted by Gasteiger charge is 2.10.